The van der Waals surface area contributed by atoms with E-state index in [4.69, 9.17) is 9.47 Å². The standard InChI is InChI=1S/C25H31N5O4/c31-16-18-2-1-3-21(28-18)25(32)29-17-4-6-20(7-5-17)34-23-15-19(30-10-12-33-13-11-30)14-22-24(23)27-9-8-26-22/h1-3,8-9,14-15,17,20,25,29,31-32H,4-7,10-13,16H2/t17-,20+,25?. The largest absolute Gasteiger partial charge is 0.488 e. The summed E-state index contributed by atoms with van der Waals surface area (Å²) in [7, 11) is 0. The molecule has 0 radical (unpaired) electrons. The van der Waals surface area contributed by atoms with E-state index in [1.807, 2.05) is 0 Å². The molecule has 180 valence electrons. The van der Waals surface area contributed by atoms with Crippen LogP contribution in [0, 0.1) is 0 Å². The highest BCUT2D eigenvalue weighted by molar-refractivity contribution is 5.85. The lowest BCUT2D eigenvalue weighted by atomic mass is 9.92. The molecule has 1 unspecified atom stereocenters. The number of fused-ring (bicyclic) bond motifs is 1. The molecule has 3 aromatic rings. The summed E-state index contributed by atoms with van der Waals surface area (Å²) in [5, 5.41) is 23.1. The number of nitrogens with zero attached hydrogens (tertiary/aromatic N) is 4. The quantitative estimate of drug-likeness (QED) is 0.453. The molecule has 9 heteroatoms. The first-order chi connectivity index (χ1) is 16.7. The second-order valence-corrected chi connectivity index (χ2v) is 8.84. The van der Waals surface area contributed by atoms with E-state index in [-0.39, 0.29) is 18.8 Å². The number of ether oxygens (including phenoxy) is 2. The van der Waals surface area contributed by atoms with Crippen LogP contribution in [0.2, 0.25) is 0 Å². The summed E-state index contributed by atoms with van der Waals surface area (Å²) in [4.78, 5) is 15.6. The minimum Gasteiger partial charge on any atom is -0.488 e. The van der Waals surface area contributed by atoms with E-state index in [9.17, 15) is 10.2 Å². The molecule has 1 atom stereocenters. The third-order valence-corrected chi connectivity index (χ3v) is 6.53. The normalized spacial score (nSPS) is 22.0. The molecule has 5 rings (SSSR count). The Bertz CT molecular complexity index is 1100. The predicted octanol–water partition coefficient (Wildman–Crippen LogP) is 2.32. The first-order valence-corrected chi connectivity index (χ1v) is 11.9. The summed E-state index contributed by atoms with van der Waals surface area (Å²) in [5.41, 5.74) is 3.77. The zero-order valence-corrected chi connectivity index (χ0v) is 19.1. The Morgan fingerprint density at radius 3 is 2.68 bits per heavy atom. The van der Waals surface area contributed by atoms with Crippen LogP contribution in [0.1, 0.15) is 43.3 Å². The van der Waals surface area contributed by atoms with Gasteiger partial charge in [0.15, 0.2) is 0 Å². The number of morpholine rings is 1. The first-order valence-electron chi connectivity index (χ1n) is 11.9. The van der Waals surface area contributed by atoms with Crippen LogP contribution in [0.3, 0.4) is 0 Å². The molecule has 3 heterocycles. The van der Waals surface area contributed by atoms with E-state index in [2.05, 4.69) is 37.3 Å². The lowest BCUT2D eigenvalue weighted by Crippen LogP contribution is -2.38. The van der Waals surface area contributed by atoms with Crippen molar-refractivity contribution in [2.24, 2.45) is 0 Å². The van der Waals surface area contributed by atoms with E-state index in [0.29, 0.717) is 11.4 Å². The van der Waals surface area contributed by atoms with Crippen molar-refractivity contribution >= 4 is 16.7 Å². The van der Waals surface area contributed by atoms with Gasteiger partial charge in [-0.25, -0.2) is 4.98 Å². The van der Waals surface area contributed by atoms with Gasteiger partial charge in [-0.2, -0.15) is 0 Å². The number of anilines is 1. The van der Waals surface area contributed by atoms with Crippen LogP contribution in [0.15, 0.2) is 42.7 Å². The number of pyridine rings is 1. The number of hydrogen-bond donors (Lipinski definition) is 3. The molecule has 1 aliphatic carbocycles. The fraction of sp³-hybridized carbons (Fsp3) is 0.480. The maximum Gasteiger partial charge on any atom is 0.149 e. The van der Waals surface area contributed by atoms with Gasteiger partial charge in [0.2, 0.25) is 0 Å². The van der Waals surface area contributed by atoms with E-state index in [0.717, 1.165) is 74.5 Å². The summed E-state index contributed by atoms with van der Waals surface area (Å²) >= 11 is 0. The number of benzene rings is 1. The van der Waals surface area contributed by atoms with Crippen LogP contribution in [-0.4, -0.2) is 63.6 Å². The fourth-order valence-corrected chi connectivity index (χ4v) is 4.70. The zero-order valence-electron chi connectivity index (χ0n) is 19.1. The molecule has 1 saturated heterocycles. The van der Waals surface area contributed by atoms with E-state index < -0.39 is 6.23 Å². The SMILES string of the molecule is OCc1cccc(C(O)N[C@H]2CC[C@@H](Oc3cc(N4CCOCC4)cc4nccnc34)CC2)n1. The van der Waals surface area contributed by atoms with Gasteiger partial charge in [-0.1, -0.05) is 6.07 Å². The van der Waals surface area contributed by atoms with Crippen LogP contribution < -0.4 is 15.0 Å². The molecule has 0 spiro atoms. The van der Waals surface area contributed by atoms with Gasteiger partial charge in [0.05, 0.1) is 42.8 Å². The van der Waals surface area contributed by atoms with Crippen LogP contribution in [0.25, 0.3) is 11.0 Å². The van der Waals surface area contributed by atoms with Crippen molar-refractivity contribution in [1.29, 1.82) is 0 Å². The van der Waals surface area contributed by atoms with Crippen molar-refractivity contribution in [2.45, 2.75) is 50.7 Å². The van der Waals surface area contributed by atoms with Crippen LogP contribution in [-0.2, 0) is 11.3 Å². The van der Waals surface area contributed by atoms with E-state index >= 15 is 0 Å². The number of aromatic nitrogens is 3. The number of hydrogen-bond acceptors (Lipinski definition) is 9. The van der Waals surface area contributed by atoms with Crippen LogP contribution in [0.4, 0.5) is 5.69 Å². The van der Waals surface area contributed by atoms with Crippen molar-refractivity contribution in [3.05, 3.63) is 54.1 Å². The van der Waals surface area contributed by atoms with Crippen molar-refractivity contribution < 1.29 is 19.7 Å². The molecule has 1 saturated carbocycles. The molecular formula is C25H31N5O4. The topological polar surface area (TPSA) is 113 Å². The lowest BCUT2D eigenvalue weighted by molar-refractivity contribution is 0.0863. The molecular weight excluding hydrogens is 434 g/mol. The molecule has 0 bridgehead atoms. The molecule has 9 nitrogen and oxygen atoms in total. The van der Waals surface area contributed by atoms with Crippen molar-refractivity contribution in [1.82, 2.24) is 20.3 Å². The summed E-state index contributed by atoms with van der Waals surface area (Å²) in [6.45, 7) is 2.99. The van der Waals surface area contributed by atoms with Crippen LogP contribution in [0.5, 0.6) is 5.75 Å². The Hall–Kier alpha value is -2.85. The molecule has 1 aromatic carbocycles. The molecule has 0 amide bonds. The van der Waals surface area contributed by atoms with Crippen molar-refractivity contribution in [2.75, 3.05) is 31.2 Å². The van der Waals surface area contributed by atoms with Gasteiger partial charge in [0.1, 0.15) is 17.5 Å². The summed E-state index contributed by atoms with van der Waals surface area (Å²) in [6.07, 6.45) is 6.14. The minimum atomic E-state index is -0.863. The molecule has 34 heavy (non-hydrogen) atoms. The highest BCUT2D eigenvalue weighted by Gasteiger charge is 2.26. The average molecular weight is 466 g/mol. The van der Waals surface area contributed by atoms with Crippen molar-refractivity contribution in [3.8, 4) is 5.75 Å². The monoisotopic (exact) mass is 465 g/mol. The van der Waals surface area contributed by atoms with Crippen molar-refractivity contribution in [3.63, 3.8) is 0 Å². The van der Waals surface area contributed by atoms with Gasteiger partial charge >= 0.3 is 0 Å². The summed E-state index contributed by atoms with van der Waals surface area (Å²) in [5.74, 6) is 0.772. The molecule has 2 fully saturated rings. The lowest BCUT2D eigenvalue weighted by Gasteiger charge is -2.32. The minimum absolute atomic E-state index is 0.0798. The Kier molecular flexibility index (Phi) is 7.15. The number of rotatable bonds is 7. The maximum atomic E-state index is 10.6. The van der Waals surface area contributed by atoms with E-state index in [1.54, 1.807) is 30.6 Å². The second-order valence-electron chi connectivity index (χ2n) is 8.84. The Morgan fingerprint density at radius 1 is 1.09 bits per heavy atom. The van der Waals surface area contributed by atoms with Gasteiger partial charge in [0.25, 0.3) is 0 Å². The third kappa shape index (κ3) is 5.28. The molecule has 1 aliphatic heterocycles. The highest BCUT2D eigenvalue weighted by atomic mass is 16.5. The summed E-state index contributed by atoms with van der Waals surface area (Å²) < 4.78 is 12.0. The average Bonchev–Trinajstić information content (AvgIpc) is 2.90. The first kappa shape index (κ1) is 22.9. The smallest absolute Gasteiger partial charge is 0.149 e. The Morgan fingerprint density at radius 2 is 1.88 bits per heavy atom. The number of aliphatic hydroxyl groups is 2. The third-order valence-electron chi connectivity index (χ3n) is 6.53. The molecule has 2 aromatic heterocycles. The van der Waals surface area contributed by atoms with Gasteiger partial charge in [0, 0.05) is 43.3 Å². The molecule has 3 N–H and O–H groups in total. The maximum absolute atomic E-state index is 10.6. The molecule has 2 aliphatic rings. The van der Waals surface area contributed by atoms with Gasteiger partial charge < -0.3 is 24.6 Å². The Labute approximate surface area is 198 Å². The number of aliphatic hydroxyl groups excluding tert-OH is 2. The zero-order chi connectivity index (χ0) is 23.3. The van der Waals surface area contributed by atoms with E-state index in [1.165, 1.54) is 0 Å². The second kappa shape index (κ2) is 10.6. The summed E-state index contributed by atoms with van der Waals surface area (Å²) in [6, 6.07) is 9.62. The van der Waals surface area contributed by atoms with Gasteiger partial charge in [-0.3, -0.25) is 15.3 Å². The van der Waals surface area contributed by atoms with Gasteiger partial charge in [-0.05, 0) is 43.9 Å². The number of nitrogens with one attached hydrogen (secondary N) is 1. The fourth-order valence-electron chi connectivity index (χ4n) is 4.70. The van der Waals surface area contributed by atoms with Crippen LogP contribution >= 0.6 is 0 Å². The predicted molar refractivity (Wildman–Crippen MR) is 127 cm³/mol. The highest BCUT2D eigenvalue weighted by Crippen LogP contribution is 2.33. The Balaban J connectivity index is 1.23. The van der Waals surface area contributed by atoms with Gasteiger partial charge in [-0.15, -0.1) is 0 Å².